The third kappa shape index (κ3) is 1.80. The van der Waals surface area contributed by atoms with Crippen LogP contribution in [0.25, 0.3) is 0 Å². The summed E-state index contributed by atoms with van der Waals surface area (Å²) in [6.07, 6.45) is 3.28. The Morgan fingerprint density at radius 2 is 2.33 bits per heavy atom. The fourth-order valence-corrected chi connectivity index (χ4v) is 0.870. The molecule has 9 heavy (non-hydrogen) atoms. The first-order valence-electron chi connectivity index (χ1n) is 3.18. The summed E-state index contributed by atoms with van der Waals surface area (Å²) in [6, 6.07) is 0. The van der Waals surface area contributed by atoms with E-state index in [1.165, 1.54) is 0 Å². The van der Waals surface area contributed by atoms with Crippen LogP contribution in [-0.4, -0.2) is 19.0 Å². The number of hydrogen-bond acceptors (Lipinski definition) is 2. The molecular weight excluding hydrogens is 116 g/mol. The lowest BCUT2D eigenvalue weighted by molar-refractivity contribution is -0.155. The zero-order valence-corrected chi connectivity index (χ0v) is 5.67. The quantitative estimate of drug-likeness (QED) is 0.496. The van der Waals surface area contributed by atoms with Gasteiger partial charge in [0.05, 0.1) is 12.2 Å². The van der Waals surface area contributed by atoms with Crippen molar-refractivity contribution < 1.29 is 9.47 Å². The highest BCUT2D eigenvalue weighted by Gasteiger charge is 2.15. The molecule has 0 spiro atoms. The molecule has 0 aromatic rings. The van der Waals surface area contributed by atoms with Gasteiger partial charge in [0.15, 0.2) is 0 Å². The largest absolute Gasteiger partial charge is 0.352 e. The van der Waals surface area contributed by atoms with E-state index in [0.717, 1.165) is 6.42 Å². The summed E-state index contributed by atoms with van der Waals surface area (Å²) in [5.41, 5.74) is 0. The summed E-state index contributed by atoms with van der Waals surface area (Å²) >= 11 is 0. The highest BCUT2D eigenvalue weighted by Crippen LogP contribution is 2.12. The van der Waals surface area contributed by atoms with Gasteiger partial charge in [-0.1, -0.05) is 6.08 Å². The molecule has 0 amide bonds. The number of hydrogen-bond donors (Lipinski definition) is 0. The average molecular weight is 128 g/mol. The summed E-state index contributed by atoms with van der Waals surface area (Å²) in [4.78, 5) is 0. The van der Waals surface area contributed by atoms with E-state index in [2.05, 4.69) is 6.58 Å². The summed E-state index contributed by atoms with van der Waals surface area (Å²) < 4.78 is 10.3. The van der Waals surface area contributed by atoms with Crippen molar-refractivity contribution in [2.24, 2.45) is 0 Å². The van der Waals surface area contributed by atoms with E-state index >= 15 is 0 Å². The Morgan fingerprint density at radius 3 is 2.78 bits per heavy atom. The van der Waals surface area contributed by atoms with Crippen LogP contribution in [0.2, 0.25) is 0 Å². The van der Waals surface area contributed by atoms with E-state index < -0.39 is 0 Å². The van der Waals surface area contributed by atoms with Gasteiger partial charge in [0.1, 0.15) is 6.79 Å². The van der Waals surface area contributed by atoms with Gasteiger partial charge in [0.2, 0.25) is 0 Å². The lowest BCUT2D eigenvalue weighted by atomic mass is 10.1. The first-order chi connectivity index (χ1) is 4.33. The van der Waals surface area contributed by atoms with Gasteiger partial charge in [-0.05, 0) is 6.92 Å². The van der Waals surface area contributed by atoms with Crippen LogP contribution in [0.1, 0.15) is 13.3 Å². The van der Waals surface area contributed by atoms with Crippen LogP contribution in [0, 0.1) is 0 Å². The van der Waals surface area contributed by atoms with Crippen molar-refractivity contribution in [3.63, 3.8) is 0 Å². The Kier molecular flexibility index (Phi) is 2.25. The minimum Gasteiger partial charge on any atom is -0.352 e. The highest BCUT2D eigenvalue weighted by molar-refractivity contribution is 4.82. The lowest BCUT2D eigenvalue weighted by Gasteiger charge is -2.24. The van der Waals surface area contributed by atoms with Crippen LogP contribution in [0.5, 0.6) is 0 Å². The van der Waals surface area contributed by atoms with E-state index in [-0.39, 0.29) is 6.10 Å². The van der Waals surface area contributed by atoms with Crippen molar-refractivity contribution in [2.45, 2.75) is 25.6 Å². The Morgan fingerprint density at radius 1 is 1.56 bits per heavy atom. The Balaban J connectivity index is 2.31. The molecule has 52 valence electrons. The molecule has 1 saturated heterocycles. The lowest BCUT2D eigenvalue weighted by Crippen LogP contribution is -2.27. The number of ether oxygens (including phenoxy) is 2. The molecule has 0 radical (unpaired) electrons. The minimum absolute atomic E-state index is 0.203. The van der Waals surface area contributed by atoms with Crippen molar-refractivity contribution >= 4 is 0 Å². The van der Waals surface area contributed by atoms with E-state index in [1.807, 2.05) is 13.0 Å². The smallest absolute Gasteiger partial charge is 0.147 e. The predicted octanol–water partition coefficient (Wildman–Crippen LogP) is 1.32. The van der Waals surface area contributed by atoms with E-state index in [4.69, 9.17) is 9.47 Å². The summed E-state index contributed by atoms with van der Waals surface area (Å²) in [7, 11) is 0. The van der Waals surface area contributed by atoms with Gasteiger partial charge in [0.25, 0.3) is 0 Å². The Labute approximate surface area is 55.5 Å². The fourth-order valence-electron chi connectivity index (χ4n) is 0.870. The maximum absolute atomic E-state index is 5.16. The maximum atomic E-state index is 5.16. The zero-order valence-electron chi connectivity index (χ0n) is 5.67. The second-order valence-electron chi connectivity index (χ2n) is 2.27. The van der Waals surface area contributed by atoms with Crippen molar-refractivity contribution in [2.75, 3.05) is 6.79 Å². The molecule has 0 aromatic heterocycles. The van der Waals surface area contributed by atoms with Crippen LogP contribution in [0.15, 0.2) is 12.7 Å². The summed E-state index contributed by atoms with van der Waals surface area (Å²) in [5.74, 6) is 0. The number of rotatable bonds is 1. The molecule has 2 atom stereocenters. The molecule has 2 heteroatoms. The molecule has 0 aliphatic carbocycles. The summed E-state index contributed by atoms with van der Waals surface area (Å²) in [6.45, 7) is 6.09. The van der Waals surface area contributed by atoms with Gasteiger partial charge in [-0.3, -0.25) is 0 Å². The Bertz CT molecular complexity index is 101. The van der Waals surface area contributed by atoms with Gasteiger partial charge in [0, 0.05) is 6.42 Å². The molecule has 1 heterocycles. The standard InChI is InChI=1S/C7H12O2/c1-3-7-4-6(2)8-5-9-7/h3,6-7H,1,4-5H2,2H3. The van der Waals surface area contributed by atoms with Gasteiger partial charge in [-0.2, -0.15) is 0 Å². The molecule has 1 aliphatic heterocycles. The summed E-state index contributed by atoms with van der Waals surface area (Å²) in [5, 5.41) is 0. The monoisotopic (exact) mass is 128 g/mol. The van der Waals surface area contributed by atoms with Gasteiger partial charge >= 0.3 is 0 Å². The van der Waals surface area contributed by atoms with Crippen LogP contribution in [-0.2, 0) is 9.47 Å². The fraction of sp³-hybridized carbons (Fsp3) is 0.714. The zero-order chi connectivity index (χ0) is 6.69. The molecule has 0 saturated carbocycles. The van der Waals surface area contributed by atoms with Gasteiger partial charge in [-0.25, -0.2) is 0 Å². The van der Waals surface area contributed by atoms with Crippen LogP contribution < -0.4 is 0 Å². The molecular formula is C7H12O2. The maximum Gasteiger partial charge on any atom is 0.147 e. The van der Waals surface area contributed by atoms with E-state index in [9.17, 15) is 0 Å². The third-order valence-corrected chi connectivity index (χ3v) is 1.46. The van der Waals surface area contributed by atoms with E-state index in [1.54, 1.807) is 0 Å². The van der Waals surface area contributed by atoms with Gasteiger partial charge < -0.3 is 9.47 Å². The Hall–Kier alpha value is -0.340. The average Bonchev–Trinajstić information content (AvgIpc) is 1.88. The minimum atomic E-state index is 0.203. The van der Waals surface area contributed by atoms with Crippen LogP contribution in [0.4, 0.5) is 0 Å². The van der Waals surface area contributed by atoms with E-state index in [0.29, 0.717) is 12.9 Å². The second kappa shape index (κ2) is 2.99. The second-order valence-corrected chi connectivity index (χ2v) is 2.27. The third-order valence-electron chi connectivity index (χ3n) is 1.46. The molecule has 1 aliphatic rings. The molecule has 0 aromatic carbocycles. The van der Waals surface area contributed by atoms with Crippen LogP contribution >= 0.6 is 0 Å². The van der Waals surface area contributed by atoms with Crippen LogP contribution in [0.3, 0.4) is 0 Å². The SMILES string of the molecule is C=CC1CC(C)OCO1. The van der Waals surface area contributed by atoms with Crippen molar-refractivity contribution in [3.8, 4) is 0 Å². The normalized spacial score (nSPS) is 36.1. The topological polar surface area (TPSA) is 18.5 Å². The molecule has 0 bridgehead atoms. The first-order valence-corrected chi connectivity index (χ1v) is 3.18. The van der Waals surface area contributed by atoms with Crippen molar-refractivity contribution in [1.82, 2.24) is 0 Å². The van der Waals surface area contributed by atoms with Crippen molar-refractivity contribution in [3.05, 3.63) is 12.7 Å². The molecule has 1 rings (SSSR count). The molecule has 0 N–H and O–H groups in total. The van der Waals surface area contributed by atoms with Gasteiger partial charge in [-0.15, -0.1) is 6.58 Å². The first kappa shape index (κ1) is 6.78. The molecule has 1 fully saturated rings. The highest BCUT2D eigenvalue weighted by atomic mass is 16.7. The predicted molar refractivity (Wildman–Crippen MR) is 35.1 cm³/mol. The molecule has 2 unspecified atom stereocenters. The van der Waals surface area contributed by atoms with Crippen molar-refractivity contribution in [1.29, 1.82) is 0 Å². The molecule has 2 nitrogen and oxygen atoms in total.